The quantitative estimate of drug-likeness (QED) is 0.226. The maximum Gasteiger partial charge on any atom is 0.206 e. The van der Waals surface area contributed by atoms with E-state index in [9.17, 15) is 17.9 Å². The number of rotatable bonds is 6. The van der Waals surface area contributed by atoms with Gasteiger partial charge >= 0.3 is 0 Å². The van der Waals surface area contributed by atoms with Gasteiger partial charge in [-0.2, -0.15) is 0 Å². The molecule has 0 spiro atoms. The van der Waals surface area contributed by atoms with E-state index >= 15 is 0 Å². The molecule has 0 aliphatic carbocycles. The van der Waals surface area contributed by atoms with E-state index in [4.69, 9.17) is 0 Å². The molecule has 0 bridgehead atoms. The molecule has 1 heterocycles. The largest absolute Gasteiger partial charge is 0.375 e. The molecule has 0 fully saturated rings. The van der Waals surface area contributed by atoms with Gasteiger partial charge in [0, 0.05) is 16.5 Å². The Morgan fingerprint density at radius 2 is 1.38 bits per heavy atom. The van der Waals surface area contributed by atoms with Gasteiger partial charge in [-0.05, 0) is 53.8 Å². The molecule has 204 valence electrons. The van der Waals surface area contributed by atoms with Crippen LogP contribution in [0.25, 0.3) is 15.8 Å². The van der Waals surface area contributed by atoms with Crippen LogP contribution in [0.5, 0.6) is 0 Å². The molecule has 0 saturated carbocycles. The molecule has 5 rings (SSSR count). The number of fused-ring (bicyclic) bond motifs is 1. The number of benzene rings is 4. The number of aliphatic hydroxyl groups is 1. The van der Waals surface area contributed by atoms with Gasteiger partial charge in [-0.15, -0.1) is 0 Å². The lowest BCUT2D eigenvalue weighted by Crippen LogP contribution is -2.31. The molecule has 6 heteroatoms. The van der Waals surface area contributed by atoms with Gasteiger partial charge in [-0.1, -0.05) is 105 Å². The monoisotopic (exact) mass is 553 g/mol. The minimum atomic E-state index is -4.12. The molecule has 4 nitrogen and oxygen atoms in total. The first-order chi connectivity index (χ1) is 18.9. The number of allylic oxidation sites excluding steroid dienone is 1. The molecule has 0 aliphatic heterocycles. The van der Waals surface area contributed by atoms with Crippen LogP contribution in [-0.4, -0.2) is 18.5 Å². The molecule has 0 radical (unpaired) electrons. The summed E-state index contributed by atoms with van der Waals surface area (Å²) in [5.74, 6) is -0.509. The number of sulfone groups is 1. The Morgan fingerprint density at radius 1 is 0.825 bits per heavy atom. The van der Waals surface area contributed by atoms with E-state index in [0.29, 0.717) is 22.0 Å². The number of aromatic amines is 1. The molecule has 0 unspecified atom stereocenters. The van der Waals surface area contributed by atoms with Gasteiger partial charge in [0.15, 0.2) is 5.60 Å². The highest BCUT2D eigenvalue weighted by atomic mass is 32.2. The van der Waals surface area contributed by atoms with Crippen LogP contribution in [0.2, 0.25) is 0 Å². The third kappa shape index (κ3) is 5.01. The highest BCUT2D eigenvalue weighted by molar-refractivity contribution is 8.00. The second-order valence-electron chi connectivity index (χ2n) is 11.2. The Kier molecular flexibility index (Phi) is 7.02. The van der Waals surface area contributed by atoms with Crippen molar-refractivity contribution in [2.75, 3.05) is 0 Å². The normalized spacial score (nSPS) is 13.1. The van der Waals surface area contributed by atoms with Crippen molar-refractivity contribution >= 4 is 25.6 Å². The van der Waals surface area contributed by atoms with Crippen molar-refractivity contribution in [2.24, 2.45) is 5.41 Å². The van der Waals surface area contributed by atoms with Gasteiger partial charge < -0.3 is 10.1 Å². The van der Waals surface area contributed by atoms with Crippen LogP contribution in [0.3, 0.4) is 0 Å². The van der Waals surface area contributed by atoms with Crippen LogP contribution in [0.4, 0.5) is 4.39 Å². The number of nitrogens with one attached hydrogen (secondary N) is 1. The zero-order valence-corrected chi connectivity index (χ0v) is 23.8. The maximum atomic E-state index is 14.8. The number of H-pyrrole nitrogens is 1. The number of aryl methyl sites for hydroxylation is 1. The highest BCUT2D eigenvalue weighted by Crippen LogP contribution is 2.46. The zero-order chi connectivity index (χ0) is 28.7. The van der Waals surface area contributed by atoms with Crippen LogP contribution in [0.15, 0.2) is 114 Å². The Bertz CT molecular complexity index is 1760. The summed E-state index contributed by atoms with van der Waals surface area (Å²) >= 11 is 0. The standard InChI is InChI=1S/C34H32FNO3S/c1-23-15-18-27(19-16-23)40(38,39)30(22-33(2,3)4)31-28-21-26(35)17-20-29(28)36-32(31)34(37,24-11-7-5-8-12-24)25-13-9-6-10-14-25/h5-22,36-37H,1-4H3/b30-22+. The first-order valence-corrected chi connectivity index (χ1v) is 14.6. The molecule has 0 atom stereocenters. The van der Waals surface area contributed by atoms with E-state index in [0.717, 1.165) is 5.56 Å². The van der Waals surface area contributed by atoms with Gasteiger partial charge in [-0.25, -0.2) is 12.8 Å². The zero-order valence-electron chi connectivity index (χ0n) is 22.9. The van der Waals surface area contributed by atoms with Crippen LogP contribution in [0, 0.1) is 18.2 Å². The lowest BCUT2D eigenvalue weighted by Gasteiger charge is -2.31. The van der Waals surface area contributed by atoms with E-state index < -0.39 is 26.7 Å². The number of aromatic nitrogens is 1. The molecule has 4 aromatic carbocycles. The topological polar surface area (TPSA) is 70.2 Å². The highest BCUT2D eigenvalue weighted by Gasteiger charge is 2.41. The minimum absolute atomic E-state index is 0.000917. The Balaban J connectivity index is 1.95. The summed E-state index contributed by atoms with van der Waals surface area (Å²) in [5.41, 5.74) is 0.645. The SMILES string of the molecule is Cc1ccc(S(=O)(=O)/C(=C/C(C)(C)C)c2c(C(O)(c3ccccc3)c3ccccc3)[nH]c3ccc(F)cc23)cc1. The Morgan fingerprint density at radius 3 is 1.90 bits per heavy atom. The van der Waals surface area contributed by atoms with Gasteiger partial charge in [-0.3, -0.25) is 0 Å². The van der Waals surface area contributed by atoms with Crippen molar-refractivity contribution in [1.29, 1.82) is 0 Å². The first-order valence-electron chi connectivity index (χ1n) is 13.1. The fraction of sp³-hybridized carbons (Fsp3) is 0.176. The second-order valence-corrected chi connectivity index (χ2v) is 13.1. The molecule has 5 aromatic rings. The summed E-state index contributed by atoms with van der Waals surface area (Å²) < 4.78 is 43.7. The summed E-state index contributed by atoms with van der Waals surface area (Å²) in [6.45, 7) is 7.62. The molecule has 0 aliphatic rings. The van der Waals surface area contributed by atoms with E-state index in [1.165, 1.54) is 12.1 Å². The van der Waals surface area contributed by atoms with E-state index in [-0.39, 0.29) is 21.1 Å². The van der Waals surface area contributed by atoms with Crippen LogP contribution in [0.1, 0.15) is 48.7 Å². The summed E-state index contributed by atoms with van der Waals surface area (Å²) in [6.07, 6.45) is 1.69. The van der Waals surface area contributed by atoms with E-state index in [1.54, 1.807) is 60.7 Å². The van der Waals surface area contributed by atoms with Gasteiger partial charge in [0.25, 0.3) is 0 Å². The average Bonchev–Trinajstić information content (AvgIpc) is 3.30. The fourth-order valence-electron chi connectivity index (χ4n) is 5.03. The lowest BCUT2D eigenvalue weighted by atomic mass is 9.81. The predicted molar refractivity (Wildman–Crippen MR) is 159 cm³/mol. The summed E-state index contributed by atoms with van der Waals surface area (Å²) in [4.78, 5) is 3.43. The smallest absolute Gasteiger partial charge is 0.206 e. The molecular formula is C34H32FNO3S. The van der Waals surface area contributed by atoms with Crippen molar-refractivity contribution < 1.29 is 17.9 Å². The van der Waals surface area contributed by atoms with E-state index in [1.807, 2.05) is 64.1 Å². The fourth-order valence-corrected chi connectivity index (χ4v) is 6.77. The van der Waals surface area contributed by atoms with Crippen molar-refractivity contribution in [3.8, 4) is 0 Å². The Labute approximate surface area is 234 Å². The van der Waals surface area contributed by atoms with Crippen LogP contribution >= 0.6 is 0 Å². The number of hydrogen-bond acceptors (Lipinski definition) is 3. The van der Waals surface area contributed by atoms with Gasteiger partial charge in [0.1, 0.15) is 5.82 Å². The van der Waals surface area contributed by atoms with Crippen molar-refractivity contribution in [2.45, 2.75) is 38.2 Å². The average molecular weight is 554 g/mol. The third-order valence-corrected chi connectivity index (χ3v) is 8.73. The molecule has 0 saturated heterocycles. The second kappa shape index (κ2) is 10.2. The molecular weight excluding hydrogens is 521 g/mol. The maximum absolute atomic E-state index is 14.8. The summed E-state index contributed by atoms with van der Waals surface area (Å²) in [5, 5.41) is 13.1. The molecule has 40 heavy (non-hydrogen) atoms. The Hall–Kier alpha value is -4.00. The molecule has 0 amide bonds. The van der Waals surface area contributed by atoms with Gasteiger partial charge in [0.2, 0.25) is 9.84 Å². The summed E-state index contributed by atoms with van der Waals surface area (Å²) in [7, 11) is -4.12. The minimum Gasteiger partial charge on any atom is -0.375 e. The van der Waals surface area contributed by atoms with Crippen molar-refractivity contribution in [3.63, 3.8) is 0 Å². The van der Waals surface area contributed by atoms with Crippen LogP contribution < -0.4 is 0 Å². The molecule has 1 aromatic heterocycles. The number of hydrogen-bond donors (Lipinski definition) is 2. The van der Waals surface area contributed by atoms with Gasteiger partial charge in [0.05, 0.1) is 15.5 Å². The first kappa shape index (κ1) is 27.6. The predicted octanol–water partition coefficient (Wildman–Crippen LogP) is 7.76. The summed E-state index contributed by atoms with van der Waals surface area (Å²) in [6, 6.07) is 29.0. The lowest BCUT2D eigenvalue weighted by molar-refractivity contribution is 0.121. The number of halogens is 1. The third-order valence-electron chi connectivity index (χ3n) is 6.94. The molecule has 2 N–H and O–H groups in total. The van der Waals surface area contributed by atoms with Crippen molar-refractivity contribution in [1.82, 2.24) is 4.98 Å². The van der Waals surface area contributed by atoms with Crippen LogP contribution in [-0.2, 0) is 15.4 Å². The van der Waals surface area contributed by atoms with Crippen molar-refractivity contribution in [3.05, 3.63) is 143 Å². The van der Waals surface area contributed by atoms with E-state index in [2.05, 4.69) is 4.98 Å².